The minimum atomic E-state index is 0. The van der Waals surface area contributed by atoms with Crippen LogP contribution in [0.3, 0.4) is 0 Å². The van der Waals surface area contributed by atoms with Gasteiger partial charge in [-0.3, -0.25) is 4.90 Å². The zero-order valence-electron chi connectivity index (χ0n) is 19.1. The summed E-state index contributed by atoms with van der Waals surface area (Å²) in [5, 5.41) is 6.94. The monoisotopic (exact) mass is 539 g/mol. The molecule has 1 aromatic carbocycles. The maximum atomic E-state index is 5.77. The van der Waals surface area contributed by atoms with Crippen molar-refractivity contribution in [1.29, 1.82) is 0 Å². The minimum Gasteiger partial charge on any atom is -0.468 e. The Morgan fingerprint density at radius 1 is 1.10 bits per heavy atom. The Hall–Kier alpha value is -1.58. The Kier molecular flexibility index (Phi) is 11.4. The minimum absolute atomic E-state index is 0. The molecule has 0 bridgehead atoms. The number of hydrogen-bond donors (Lipinski definition) is 2. The summed E-state index contributed by atoms with van der Waals surface area (Å²) in [7, 11) is 4.19. The van der Waals surface area contributed by atoms with E-state index in [-0.39, 0.29) is 30.0 Å². The van der Waals surface area contributed by atoms with Crippen molar-refractivity contribution < 1.29 is 4.42 Å². The van der Waals surface area contributed by atoms with Gasteiger partial charge in [0.15, 0.2) is 5.96 Å². The molecular weight excluding hydrogens is 501 g/mol. The Morgan fingerprint density at radius 3 is 2.55 bits per heavy atom. The molecule has 0 radical (unpaired) electrons. The fourth-order valence-corrected chi connectivity index (χ4v) is 4.02. The highest BCUT2D eigenvalue weighted by atomic mass is 127. The summed E-state index contributed by atoms with van der Waals surface area (Å²) in [6, 6.07) is 13.0. The van der Waals surface area contributed by atoms with E-state index in [1.807, 2.05) is 6.07 Å². The smallest absolute Gasteiger partial charge is 0.191 e. The largest absolute Gasteiger partial charge is 0.468 e. The van der Waals surface area contributed by atoms with E-state index in [2.05, 4.69) is 71.8 Å². The second kappa shape index (κ2) is 13.8. The van der Waals surface area contributed by atoms with Crippen molar-refractivity contribution in [3.05, 3.63) is 59.5 Å². The van der Waals surface area contributed by atoms with Crippen molar-refractivity contribution in [2.45, 2.75) is 45.3 Å². The molecule has 1 atom stereocenters. The van der Waals surface area contributed by atoms with Crippen LogP contribution in [0.5, 0.6) is 0 Å². The Balaban J connectivity index is 0.00000341. The van der Waals surface area contributed by atoms with Crippen molar-refractivity contribution >= 4 is 29.9 Å². The molecule has 2 N–H and O–H groups in total. The first-order chi connectivity index (χ1) is 14.7. The molecule has 1 aromatic heterocycles. The van der Waals surface area contributed by atoms with Gasteiger partial charge < -0.3 is 20.0 Å². The third-order valence-corrected chi connectivity index (χ3v) is 5.42. The summed E-state index contributed by atoms with van der Waals surface area (Å²) in [5.74, 6) is 1.88. The van der Waals surface area contributed by atoms with Gasteiger partial charge in [-0.2, -0.15) is 0 Å². The molecule has 1 aliphatic heterocycles. The zero-order valence-corrected chi connectivity index (χ0v) is 21.5. The summed E-state index contributed by atoms with van der Waals surface area (Å²) in [4.78, 5) is 9.55. The molecule has 3 rings (SSSR count). The van der Waals surface area contributed by atoms with E-state index < -0.39 is 0 Å². The second-order valence-corrected chi connectivity index (χ2v) is 8.26. The van der Waals surface area contributed by atoms with Gasteiger partial charge in [-0.05, 0) is 70.2 Å². The predicted octanol–water partition coefficient (Wildman–Crippen LogP) is 4.24. The van der Waals surface area contributed by atoms with Gasteiger partial charge in [0, 0.05) is 19.6 Å². The number of furan rings is 1. The molecule has 2 aromatic rings. The number of halogens is 1. The van der Waals surface area contributed by atoms with Gasteiger partial charge in [-0.25, -0.2) is 4.99 Å². The SMILES string of the molecule is CCNC(=NCc1cccc(CN(C)C)c1)NCC(c1ccco1)N1CCCCC1.I. The van der Waals surface area contributed by atoms with Crippen molar-refractivity contribution in [2.24, 2.45) is 4.99 Å². The molecular formula is C24H38IN5O. The van der Waals surface area contributed by atoms with E-state index >= 15 is 0 Å². The number of piperidine rings is 1. The number of nitrogens with one attached hydrogen (secondary N) is 2. The standard InChI is InChI=1S/C24H37N5O.HI/c1-4-25-24(26-17-20-10-8-11-21(16-20)19-28(2)3)27-18-22(23-12-9-15-30-23)29-13-6-5-7-14-29;/h8-12,15-16,22H,4-7,13-14,17-19H2,1-3H3,(H2,25,26,27);1H. The number of aliphatic imine (C=N–C) groups is 1. The lowest BCUT2D eigenvalue weighted by Gasteiger charge is -2.33. The van der Waals surface area contributed by atoms with Crippen LogP contribution in [0.4, 0.5) is 0 Å². The van der Waals surface area contributed by atoms with E-state index in [0.717, 1.165) is 44.4 Å². The normalized spacial score (nSPS) is 16.1. The maximum absolute atomic E-state index is 5.77. The average Bonchev–Trinajstić information content (AvgIpc) is 3.27. The number of hydrogen-bond acceptors (Lipinski definition) is 4. The quantitative estimate of drug-likeness (QED) is 0.284. The van der Waals surface area contributed by atoms with Crippen LogP contribution in [0.1, 0.15) is 49.1 Å². The number of rotatable bonds is 9. The summed E-state index contributed by atoms with van der Waals surface area (Å²) in [6.45, 7) is 7.56. The van der Waals surface area contributed by atoms with Gasteiger partial charge in [0.1, 0.15) is 5.76 Å². The number of nitrogens with zero attached hydrogens (tertiary/aromatic N) is 3. The molecule has 1 saturated heterocycles. The van der Waals surface area contributed by atoms with Crippen molar-refractivity contribution in [3.63, 3.8) is 0 Å². The van der Waals surface area contributed by atoms with Gasteiger partial charge in [-0.1, -0.05) is 30.7 Å². The molecule has 31 heavy (non-hydrogen) atoms. The summed E-state index contributed by atoms with van der Waals surface area (Å²) < 4.78 is 5.77. The summed E-state index contributed by atoms with van der Waals surface area (Å²) in [6.07, 6.45) is 5.61. The fraction of sp³-hybridized carbons (Fsp3) is 0.542. The highest BCUT2D eigenvalue weighted by Crippen LogP contribution is 2.24. The molecule has 0 amide bonds. The van der Waals surface area contributed by atoms with Crippen LogP contribution in [-0.2, 0) is 13.1 Å². The number of guanidine groups is 1. The molecule has 6 nitrogen and oxygen atoms in total. The topological polar surface area (TPSA) is 56.0 Å². The van der Waals surface area contributed by atoms with Crippen LogP contribution in [0.25, 0.3) is 0 Å². The van der Waals surface area contributed by atoms with Crippen LogP contribution < -0.4 is 10.6 Å². The van der Waals surface area contributed by atoms with Crippen LogP contribution in [-0.4, -0.2) is 56.0 Å². The molecule has 1 unspecified atom stereocenters. The number of benzene rings is 1. The van der Waals surface area contributed by atoms with Gasteiger partial charge in [-0.15, -0.1) is 24.0 Å². The van der Waals surface area contributed by atoms with E-state index in [9.17, 15) is 0 Å². The van der Waals surface area contributed by atoms with Crippen LogP contribution >= 0.6 is 24.0 Å². The average molecular weight is 540 g/mol. The van der Waals surface area contributed by atoms with Gasteiger partial charge in [0.2, 0.25) is 0 Å². The van der Waals surface area contributed by atoms with Gasteiger partial charge in [0.05, 0.1) is 18.8 Å². The first kappa shape index (κ1) is 25.7. The first-order valence-corrected chi connectivity index (χ1v) is 11.2. The highest BCUT2D eigenvalue weighted by Gasteiger charge is 2.24. The van der Waals surface area contributed by atoms with Crippen LogP contribution in [0.2, 0.25) is 0 Å². The highest BCUT2D eigenvalue weighted by molar-refractivity contribution is 14.0. The third kappa shape index (κ3) is 8.46. The van der Waals surface area contributed by atoms with Gasteiger partial charge in [0.25, 0.3) is 0 Å². The molecule has 0 spiro atoms. The molecule has 1 fully saturated rings. The molecule has 0 aliphatic carbocycles. The summed E-state index contributed by atoms with van der Waals surface area (Å²) in [5.41, 5.74) is 2.54. The van der Waals surface area contributed by atoms with Crippen molar-refractivity contribution in [3.8, 4) is 0 Å². The van der Waals surface area contributed by atoms with Crippen LogP contribution in [0.15, 0.2) is 52.1 Å². The molecule has 172 valence electrons. The van der Waals surface area contributed by atoms with Gasteiger partial charge >= 0.3 is 0 Å². The van der Waals surface area contributed by atoms with Crippen molar-refractivity contribution in [2.75, 3.05) is 40.3 Å². The lowest BCUT2D eigenvalue weighted by Crippen LogP contribution is -2.44. The lowest BCUT2D eigenvalue weighted by molar-refractivity contribution is 0.146. The number of likely N-dealkylation sites (tertiary alicyclic amines) is 1. The van der Waals surface area contributed by atoms with Crippen molar-refractivity contribution in [1.82, 2.24) is 20.4 Å². The summed E-state index contributed by atoms with van der Waals surface area (Å²) >= 11 is 0. The maximum Gasteiger partial charge on any atom is 0.191 e. The molecule has 2 heterocycles. The zero-order chi connectivity index (χ0) is 21.2. The van der Waals surface area contributed by atoms with E-state index in [0.29, 0.717) is 6.54 Å². The van der Waals surface area contributed by atoms with E-state index in [4.69, 9.17) is 9.41 Å². The Labute approximate surface area is 204 Å². The first-order valence-electron chi connectivity index (χ1n) is 11.2. The molecule has 0 saturated carbocycles. The fourth-order valence-electron chi connectivity index (χ4n) is 4.02. The molecule has 7 heteroatoms. The molecule has 1 aliphatic rings. The van der Waals surface area contributed by atoms with E-state index in [1.165, 1.54) is 30.4 Å². The Bertz CT molecular complexity index is 772. The second-order valence-electron chi connectivity index (χ2n) is 8.26. The predicted molar refractivity (Wildman–Crippen MR) is 139 cm³/mol. The third-order valence-electron chi connectivity index (χ3n) is 5.42. The van der Waals surface area contributed by atoms with Crippen LogP contribution in [0, 0.1) is 0 Å². The van der Waals surface area contributed by atoms with E-state index in [1.54, 1.807) is 6.26 Å². The Morgan fingerprint density at radius 2 is 1.87 bits per heavy atom. The lowest BCUT2D eigenvalue weighted by atomic mass is 10.1.